The van der Waals surface area contributed by atoms with Crippen LogP contribution >= 0.6 is 0 Å². The summed E-state index contributed by atoms with van der Waals surface area (Å²) in [5.41, 5.74) is -0.316. The molecule has 0 amide bonds. The molecule has 1 rings (SSSR count). The lowest BCUT2D eigenvalue weighted by Gasteiger charge is -2.10. The number of aliphatic carboxylic acids is 1. The van der Waals surface area contributed by atoms with Gasteiger partial charge in [-0.2, -0.15) is 14.0 Å². The summed E-state index contributed by atoms with van der Waals surface area (Å²) in [6.45, 7) is -3.01. The third-order valence-corrected chi connectivity index (χ3v) is 2.06. The van der Waals surface area contributed by atoms with Gasteiger partial charge in [-0.1, -0.05) is 6.07 Å². The summed E-state index contributed by atoms with van der Waals surface area (Å²) < 4.78 is 33.2. The molecule has 5 nitrogen and oxygen atoms in total. The summed E-state index contributed by atoms with van der Waals surface area (Å²) >= 11 is 0. The van der Waals surface area contributed by atoms with E-state index in [1.807, 2.05) is 0 Å². The fraction of sp³-hybridized carbons (Fsp3) is 0.167. The first-order valence-electron chi connectivity index (χ1n) is 4.94. The van der Waals surface area contributed by atoms with Crippen LogP contribution in [0.2, 0.25) is 0 Å². The number of ether oxygens (including phenoxy) is 2. The van der Waals surface area contributed by atoms with Crippen LogP contribution in [0.4, 0.5) is 8.78 Å². The predicted molar refractivity (Wildman–Crippen MR) is 58.2 cm³/mol. The zero-order chi connectivity index (χ0) is 14.4. The van der Waals surface area contributed by atoms with Crippen molar-refractivity contribution < 1.29 is 28.2 Å². The van der Waals surface area contributed by atoms with Gasteiger partial charge in [-0.25, -0.2) is 0 Å². The van der Waals surface area contributed by atoms with Crippen LogP contribution in [-0.4, -0.2) is 19.7 Å². The average molecular weight is 268 g/mol. The molecule has 0 unspecified atom stereocenters. The molecule has 19 heavy (non-hydrogen) atoms. The fourth-order valence-electron chi connectivity index (χ4n) is 1.27. The molecule has 0 aliphatic heterocycles. The highest BCUT2D eigenvalue weighted by atomic mass is 19.3. The second-order valence-electron chi connectivity index (χ2n) is 3.25. The normalized spacial score (nSPS) is 11.0. The first kappa shape index (κ1) is 14.4. The number of rotatable bonds is 5. The number of benzene rings is 1. The van der Waals surface area contributed by atoms with E-state index >= 15 is 0 Å². The Morgan fingerprint density at radius 1 is 1.47 bits per heavy atom. The summed E-state index contributed by atoms with van der Waals surface area (Å²) in [6, 6.07) is 5.19. The number of hydrogen-bond donors (Lipinski definition) is 0. The van der Waals surface area contributed by atoms with Gasteiger partial charge >= 0.3 is 6.61 Å². The van der Waals surface area contributed by atoms with Crippen molar-refractivity contribution in [2.45, 2.75) is 6.61 Å². The lowest BCUT2D eigenvalue weighted by molar-refractivity contribution is -0.298. The highest BCUT2D eigenvalue weighted by Crippen LogP contribution is 2.30. The minimum absolute atomic E-state index is 0.00955. The van der Waals surface area contributed by atoms with Gasteiger partial charge in [-0.05, 0) is 23.8 Å². The number of carboxylic acid groups (broad SMARTS) is 1. The van der Waals surface area contributed by atoms with Gasteiger partial charge in [0.25, 0.3) is 0 Å². The monoisotopic (exact) mass is 268 g/mol. The van der Waals surface area contributed by atoms with E-state index in [4.69, 9.17) is 10.00 Å². The Bertz CT molecular complexity index is 549. The lowest BCUT2D eigenvalue weighted by Crippen LogP contribution is -2.23. The molecule has 0 saturated carbocycles. The quantitative estimate of drug-likeness (QED) is 0.586. The topological polar surface area (TPSA) is 82.4 Å². The van der Waals surface area contributed by atoms with Gasteiger partial charge in [0.15, 0.2) is 11.5 Å². The first-order valence-corrected chi connectivity index (χ1v) is 4.94. The number of methoxy groups -OCH3 is 1. The highest BCUT2D eigenvalue weighted by molar-refractivity contribution is 5.95. The van der Waals surface area contributed by atoms with Crippen LogP contribution in [-0.2, 0) is 4.79 Å². The SMILES string of the molecule is COc1cc(/C=C(\C#N)C(=O)[O-])ccc1OC(F)F. The molecule has 0 aromatic heterocycles. The van der Waals surface area contributed by atoms with E-state index in [0.717, 1.165) is 6.08 Å². The third kappa shape index (κ3) is 3.96. The predicted octanol–water partition coefficient (Wildman–Crippen LogP) is 0.953. The van der Waals surface area contributed by atoms with Crippen molar-refractivity contribution in [2.75, 3.05) is 7.11 Å². The molecule has 0 heterocycles. The Labute approximate surface area is 107 Å². The fourth-order valence-corrected chi connectivity index (χ4v) is 1.27. The number of hydrogen-bond acceptors (Lipinski definition) is 5. The number of carboxylic acids is 1. The van der Waals surface area contributed by atoms with Crippen molar-refractivity contribution in [1.82, 2.24) is 0 Å². The van der Waals surface area contributed by atoms with Crippen molar-refractivity contribution in [3.63, 3.8) is 0 Å². The molecule has 0 radical (unpaired) electrons. The van der Waals surface area contributed by atoms with Crippen molar-refractivity contribution >= 4 is 12.0 Å². The van der Waals surface area contributed by atoms with Crippen LogP contribution in [0.5, 0.6) is 11.5 Å². The number of nitriles is 1. The van der Waals surface area contributed by atoms with Gasteiger partial charge in [-0.15, -0.1) is 0 Å². The van der Waals surface area contributed by atoms with Crippen LogP contribution < -0.4 is 14.6 Å². The Hall–Kier alpha value is -2.62. The second kappa shape index (κ2) is 6.35. The highest BCUT2D eigenvalue weighted by Gasteiger charge is 2.10. The van der Waals surface area contributed by atoms with Crippen LogP contribution in [0.15, 0.2) is 23.8 Å². The minimum Gasteiger partial charge on any atom is -0.544 e. The second-order valence-corrected chi connectivity index (χ2v) is 3.25. The van der Waals surface area contributed by atoms with Crippen molar-refractivity contribution in [3.8, 4) is 17.6 Å². The standard InChI is InChI=1S/C12H9F2NO4/c1-18-10-5-7(4-8(6-15)11(16)17)2-3-9(10)19-12(13)14/h2-5,12H,1H3,(H,16,17)/p-1/b8-4+. The number of alkyl halides is 2. The van der Waals surface area contributed by atoms with E-state index in [2.05, 4.69) is 4.74 Å². The Morgan fingerprint density at radius 2 is 2.16 bits per heavy atom. The molecular formula is C12H8F2NO4-. The molecule has 0 atom stereocenters. The molecule has 1 aromatic rings. The molecule has 0 fully saturated rings. The van der Waals surface area contributed by atoms with Gasteiger partial charge in [-0.3, -0.25) is 0 Å². The maximum absolute atomic E-state index is 12.1. The number of halogens is 2. The zero-order valence-electron chi connectivity index (χ0n) is 9.72. The molecular weight excluding hydrogens is 260 g/mol. The van der Waals surface area contributed by atoms with Gasteiger partial charge in [0.1, 0.15) is 6.07 Å². The number of nitrogens with zero attached hydrogens (tertiary/aromatic N) is 1. The van der Waals surface area contributed by atoms with E-state index in [0.29, 0.717) is 0 Å². The van der Waals surface area contributed by atoms with Crippen LogP contribution in [0.25, 0.3) is 6.08 Å². The summed E-state index contributed by atoms with van der Waals surface area (Å²) in [6.07, 6.45) is 1.03. The van der Waals surface area contributed by atoms with E-state index in [9.17, 15) is 18.7 Å². The molecule has 0 spiro atoms. The molecule has 0 aliphatic rings. The maximum Gasteiger partial charge on any atom is 0.387 e. The van der Waals surface area contributed by atoms with Crippen LogP contribution in [0, 0.1) is 11.3 Å². The van der Waals surface area contributed by atoms with Gasteiger partial charge < -0.3 is 19.4 Å². The summed E-state index contributed by atoms with van der Waals surface area (Å²) in [7, 11) is 1.24. The van der Waals surface area contributed by atoms with E-state index < -0.39 is 18.2 Å². The van der Waals surface area contributed by atoms with Gasteiger partial charge in [0.05, 0.1) is 18.7 Å². The summed E-state index contributed by atoms with van der Waals surface area (Å²) in [4.78, 5) is 10.5. The van der Waals surface area contributed by atoms with Crippen molar-refractivity contribution in [2.24, 2.45) is 0 Å². The van der Waals surface area contributed by atoms with Crippen LogP contribution in [0.3, 0.4) is 0 Å². The van der Waals surface area contributed by atoms with Crippen molar-refractivity contribution in [3.05, 3.63) is 29.3 Å². The number of carbonyl (C=O) groups excluding carboxylic acids is 1. The molecule has 100 valence electrons. The van der Waals surface area contributed by atoms with Gasteiger partial charge in [0, 0.05) is 0 Å². The largest absolute Gasteiger partial charge is 0.544 e. The van der Waals surface area contributed by atoms with Crippen LogP contribution in [0.1, 0.15) is 5.56 Å². The minimum atomic E-state index is -3.01. The smallest absolute Gasteiger partial charge is 0.387 e. The Balaban J connectivity index is 3.14. The molecule has 0 N–H and O–H groups in total. The third-order valence-electron chi connectivity index (χ3n) is 2.06. The van der Waals surface area contributed by atoms with Crippen molar-refractivity contribution in [1.29, 1.82) is 5.26 Å². The average Bonchev–Trinajstić information content (AvgIpc) is 2.36. The summed E-state index contributed by atoms with van der Waals surface area (Å²) in [5.74, 6) is -1.83. The van der Waals surface area contributed by atoms with E-state index in [1.54, 1.807) is 0 Å². The first-order chi connectivity index (χ1) is 8.97. The summed E-state index contributed by atoms with van der Waals surface area (Å²) in [5, 5.41) is 19.1. The number of carbonyl (C=O) groups is 1. The molecule has 0 bridgehead atoms. The molecule has 1 aromatic carbocycles. The molecule has 0 aliphatic carbocycles. The zero-order valence-corrected chi connectivity index (χ0v) is 9.72. The lowest BCUT2D eigenvalue weighted by atomic mass is 10.1. The Kier molecular flexibility index (Phi) is 4.83. The van der Waals surface area contributed by atoms with Gasteiger partial charge in [0.2, 0.25) is 0 Å². The maximum atomic E-state index is 12.1. The molecule has 0 saturated heterocycles. The van der Waals surface area contributed by atoms with E-state index in [1.165, 1.54) is 31.4 Å². The Morgan fingerprint density at radius 3 is 2.63 bits per heavy atom. The molecule has 7 heteroatoms. The van der Waals surface area contributed by atoms with E-state index in [-0.39, 0.29) is 17.1 Å².